The summed E-state index contributed by atoms with van der Waals surface area (Å²) in [5.74, 6) is 1.12. The van der Waals surface area contributed by atoms with Gasteiger partial charge in [0, 0.05) is 41.3 Å². The number of rotatable bonds is 2. The van der Waals surface area contributed by atoms with E-state index in [1.807, 2.05) is 30.6 Å². The van der Waals surface area contributed by atoms with Gasteiger partial charge in [-0.25, -0.2) is 15.0 Å². The molecular formula is C19H15N5. The second-order valence-corrected chi connectivity index (χ2v) is 5.63. The van der Waals surface area contributed by atoms with Gasteiger partial charge in [0.25, 0.3) is 0 Å². The van der Waals surface area contributed by atoms with Crippen LogP contribution in [0, 0.1) is 6.92 Å². The molecule has 4 aromatic rings. The van der Waals surface area contributed by atoms with Crippen molar-refractivity contribution in [1.29, 1.82) is 0 Å². The number of aryl methyl sites for hydroxylation is 1. The zero-order valence-electron chi connectivity index (χ0n) is 13.1. The van der Waals surface area contributed by atoms with Gasteiger partial charge in [-0.15, -0.1) is 0 Å². The number of anilines is 1. The van der Waals surface area contributed by atoms with Crippen LogP contribution in [0.1, 0.15) is 5.56 Å². The Hall–Kier alpha value is -3.34. The van der Waals surface area contributed by atoms with E-state index in [9.17, 15) is 0 Å². The van der Waals surface area contributed by atoms with Gasteiger partial charge in [0.2, 0.25) is 0 Å². The Bertz CT molecular complexity index is 1030. The molecule has 3 heterocycles. The van der Waals surface area contributed by atoms with Crippen LogP contribution in [0.2, 0.25) is 0 Å². The molecule has 2 N–H and O–H groups in total. The van der Waals surface area contributed by atoms with Crippen LogP contribution >= 0.6 is 0 Å². The number of aromatic nitrogens is 4. The van der Waals surface area contributed by atoms with Crippen LogP contribution in [0.25, 0.3) is 33.4 Å². The van der Waals surface area contributed by atoms with Gasteiger partial charge in [0.15, 0.2) is 5.82 Å². The third-order valence-corrected chi connectivity index (χ3v) is 3.97. The van der Waals surface area contributed by atoms with Crippen molar-refractivity contribution in [3.63, 3.8) is 0 Å². The lowest BCUT2D eigenvalue weighted by Gasteiger charge is -2.07. The molecule has 0 unspecified atom stereocenters. The third kappa shape index (κ3) is 2.56. The van der Waals surface area contributed by atoms with Gasteiger partial charge in [-0.05, 0) is 48.4 Å². The quantitative estimate of drug-likeness (QED) is 0.611. The Labute approximate surface area is 139 Å². The summed E-state index contributed by atoms with van der Waals surface area (Å²) >= 11 is 0. The largest absolute Gasteiger partial charge is 0.384 e. The van der Waals surface area contributed by atoms with Crippen LogP contribution in [0.3, 0.4) is 0 Å². The maximum atomic E-state index is 5.62. The van der Waals surface area contributed by atoms with Crippen molar-refractivity contribution < 1.29 is 0 Å². The van der Waals surface area contributed by atoms with Gasteiger partial charge in [-0.2, -0.15) is 0 Å². The van der Waals surface area contributed by atoms with Crippen molar-refractivity contribution in [2.75, 3.05) is 5.73 Å². The van der Waals surface area contributed by atoms with Gasteiger partial charge >= 0.3 is 0 Å². The van der Waals surface area contributed by atoms with Gasteiger partial charge in [-0.1, -0.05) is 6.07 Å². The molecule has 0 amide bonds. The topological polar surface area (TPSA) is 77.6 Å². The molecular weight excluding hydrogens is 298 g/mol. The molecule has 0 atom stereocenters. The Morgan fingerprint density at radius 2 is 1.75 bits per heavy atom. The number of benzene rings is 1. The molecule has 4 rings (SSSR count). The smallest absolute Gasteiger partial charge is 0.161 e. The van der Waals surface area contributed by atoms with Crippen LogP contribution in [0.5, 0.6) is 0 Å². The van der Waals surface area contributed by atoms with Crippen molar-refractivity contribution in [2.45, 2.75) is 6.92 Å². The number of fused-ring (bicyclic) bond motifs is 1. The van der Waals surface area contributed by atoms with Gasteiger partial charge in [0.05, 0.1) is 5.52 Å². The standard InChI is InChI=1S/C19H15N5/c1-12-6-7-21-11-16(12)13-2-4-17-15(8-13)10-23-19(24-17)14-3-5-18(20)22-9-14/h2-11H,1H3,(H2,20,22). The lowest BCUT2D eigenvalue weighted by atomic mass is 10.0. The summed E-state index contributed by atoms with van der Waals surface area (Å²) in [6.45, 7) is 2.08. The van der Waals surface area contributed by atoms with Crippen molar-refractivity contribution in [3.05, 3.63) is 66.7 Å². The summed E-state index contributed by atoms with van der Waals surface area (Å²) in [6.07, 6.45) is 7.20. The summed E-state index contributed by atoms with van der Waals surface area (Å²) in [7, 11) is 0. The minimum absolute atomic E-state index is 0.482. The average Bonchev–Trinajstić information content (AvgIpc) is 2.62. The van der Waals surface area contributed by atoms with Gasteiger partial charge < -0.3 is 5.73 Å². The van der Waals surface area contributed by atoms with Crippen LogP contribution in [0.15, 0.2) is 61.2 Å². The highest BCUT2D eigenvalue weighted by molar-refractivity contribution is 5.85. The number of hydrogen-bond acceptors (Lipinski definition) is 5. The molecule has 0 saturated heterocycles. The molecule has 0 fully saturated rings. The van der Waals surface area contributed by atoms with Crippen LogP contribution < -0.4 is 5.73 Å². The highest BCUT2D eigenvalue weighted by Gasteiger charge is 2.07. The van der Waals surface area contributed by atoms with Crippen LogP contribution in [-0.2, 0) is 0 Å². The molecule has 0 bridgehead atoms. The van der Waals surface area contributed by atoms with Crippen molar-refractivity contribution in [1.82, 2.24) is 19.9 Å². The molecule has 0 spiro atoms. The van der Waals surface area contributed by atoms with Gasteiger partial charge in [0.1, 0.15) is 5.82 Å². The van der Waals surface area contributed by atoms with Crippen molar-refractivity contribution in [2.24, 2.45) is 0 Å². The number of hydrogen-bond donors (Lipinski definition) is 1. The number of nitrogen functional groups attached to an aromatic ring is 1. The third-order valence-electron chi connectivity index (χ3n) is 3.97. The molecule has 0 aliphatic rings. The fourth-order valence-corrected chi connectivity index (χ4v) is 2.64. The Morgan fingerprint density at radius 1 is 0.875 bits per heavy atom. The summed E-state index contributed by atoms with van der Waals surface area (Å²) in [6, 6.07) is 11.8. The van der Waals surface area contributed by atoms with E-state index in [4.69, 9.17) is 5.73 Å². The first-order valence-electron chi connectivity index (χ1n) is 7.60. The summed E-state index contributed by atoms with van der Waals surface area (Å²) < 4.78 is 0. The van der Waals surface area contributed by atoms with E-state index in [0.29, 0.717) is 11.6 Å². The molecule has 0 aliphatic carbocycles. The van der Waals surface area contributed by atoms with Crippen molar-refractivity contribution in [3.8, 4) is 22.5 Å². The molecule has 24 heavy (non-hydrogen) atoms. The van der Waals surface area contributed by atoms with Gasteiger partial charge in [-0.3, -0.25) is 4.98 Å². The second-order valence-electron chi connectivity index (χ2n) is 5.63. The zero-order valence-corrected chi connectivity index (χ0v) is 13.1. The molecule has 3 aromatic heterocycles. The normalized spacial score (nSPS) is 10.9. The van der Waals surface area contributed by atoms with E-state index < -0.39 is 0 Å². The maximum absolute atomic E-state index is 5.62. The Morgan fingerprint density at radius 3 is 2.54 bits per heavy atom. The summed E-state index contributed by atoms with van der Waals surface area (Å²) in [5.41, 5.74) is 10.8. The van der Waals surface area contributed by atoms with Crippen molar-refractivity contribution >= 4 is 16.7 Å². The lowest BCUT2D eigenvalue weighted by molar-refractivity contribution is 1.21. The van der Waals surface area contributed by atoms with E-state index in [1.165, 1.54) is 5.56 Å². The molecule has 5 heteroatoms. The molecule has 0 aliphatic heterocycles. The molecule has 1 aromatic carbocycles. The highest BCUT2D eigenvalue weighted by Crippen LogP contribution is 2.26. The van der Waals surface area contributed by atoms with E-state index in [-0.39, 0.29) is 0 Å². The fraction of sp³-hybridized carbons (Fsp3) is 0.0526. The Balaban J connectivity index is 1.78. The number of pyridine rings is 2. The predicted octanol–water partition coefficient (Wildman–Crippen LogP) is 3.64. The van der Waals surface area contributed by atoms with Crippen LogP contribution in [0.4, 0.5) is 5.82 Å². The first-order valence-corrected chi connectivity index (χ1v) is 7.60. The number of nitrogens with two attached hydrogens (primary N) is 1. The minimum atomic E-state index is 0.482. The van der Waals surface area contributed by atoms with E-state index >= 15 is 0 Å². The molecule has 5 nitrogen and oxygen atoms in total. The molecule has 116 valence electrons. The zero-order chi connectivity index (χ0) is 16.5. The van der Waals surface area contributed by atoms with E-state index in [2.05, 4.69) is 39.0 Å². The summed E-state index contributed by atoms with van der Waals surface area (Å²) in [5, 5.41) is 0.989. The average molecular weight is 313 g/mol. The van der Waals surface area contributed by atoms with E-state index in [1.54, 1.807) is 18.5 Å². The first kappa shape index (κ1) is 14.3. The fourth-order valence-electron chi connectivity index (χ4n) is 2.64. The lowest BCUT2D eigenvalue weighted by Crippen LogP contribution is -1.93. The van der Waals surface area contributed by atoms with Crippen LogP contribution in [-0.4, -0.2) is 19.9 Å². The number of nitrogens with zero attached hydrogens (tertiary/aromatic N) is 4. The predicted molar refractivity (Wildman–Crippen MR) is 95.1 cm³/mol. The highest BCUT2D eigenvalue weighted by atomic mass is 14.9. The second kappa shape index (κ2) is 5.70. The minimum Gasteiger partial charge on any atom is -0.384 e. The molecule has 0 saturated carbocycles. The van der Waals surface area contributed by atoms with E-state index in [0.717, 1.165) is 27.6 Å². The maximum Gasteiger partial charge on any atom is 0.161 e. The monoisotopic (exact) mass is 313 g/mol. The SMILES string of the molecule is Cc1ccncc1-c1ccc2nc(-c3ccc(N)nc3)ncc2c1. The first-order chi connectivity index (χ1) is 11.7. The summed E-state index contributed by atoms with van der Waals surface area (Å²) in [4.78, 5) is 17.4. The molecule has 0 radical (unpaired) electrons. The Kier molecular flexibility index (Phi) is 3.39.